The third-order valence-corrected chi connectivity index (χ3v) is 6.86. The number of amides is 1. The standard InChI is InChI=1S/C23H25Cl2NO6S/c1-3-30-22(28)19-13(2)20(23(29)32-15-7-5-4-6-8-15)33-21(19)26-18(27)12-31-17-10-9-14(24)11-16(17)25/h9-11,15H,3-8,12H2,1-2H3,(H,26,27). The highest BCUT2D eigenvalue weighted by Gasteiger charge is 2.29. The summed E-state index contributed by atoms with van der Waals surface area (Å²) in [6, 6.07) is 4.64. The molecule has 0 unspecified atom stereocenters. The van der Waals surface area contributed by atoms with Crippen molar-refractivity contribution in [1.82, 2.24) is 0 Å². The maximum absolute atomic E-state index is 12.8. The third kappa shape index (κ3) is 6.62. The fourth-order valence-corrected chi connectivity index (χ4v) is 5.09. The molecule has 1 amide bonds. The first-order valence-electron chi connectivity index (χ1n) is 10.7. The van der Waals surface area contributed by atoms with Crippen LogP contribution in [0.1, 0.15) is 64.6 Å². The SMILES string of the molecule is CCOC(=O)c1c(NC(=O)COc2ccc(Cl)cc2Cl)sc(C(=O)OC2CCCCC2)c1C. The second-order valence-corrected chi connectivity index (χ2v) is 9.42. The molecule has 0 spiro atoms. The van der Waals surface area contributed by atoms with Crippen molar-refractivity contribution >= 4 is 57.4 Å². The molecule has 1 aromatic heterocycles. The lowest BCUT2D eigenvalue weighted by molar-refractivity contribution is -0.118. The van der Waals surface area contributed by atoms with E-state index in [1.807, 2.05) is 0 Å². The molecular formula is C23H25Cl2NO6S. The van der Waals surface area contributed by atoms with E-state index in [0.29, 0.717) is 16.3 Å². The second-order valence-electron chi connectivity index (χ2n) is 7.56. The van der Waals surface area contributed by atoms with Crippen LogP contribution < -0.4 is 10.1 Å². The van der Waals surface area contributed by atoms with Crippen molar-refractivity contribution in [3.8, 4) is 5.75 Å². The Balaban J connectivity index is 1.75. The molecule has 7 nitrogen and oxygen atoms in total. The zero-order valence-electron chi connectivity index (χ0n) is 18.4. The van der Waals surface area contributed by atoms with Gasteiger partial charge in [-0.05, 0) is 63.3 Å². The first-order valence-corrected chi connectivity index (χ1v) is 12.3. The van der Waals surface area contributed by atoms with Gasteiger partial charge in [0.15, 0.2) is 6.61 Å². The van der Waals surface area contributed by atoms with E-state index in [-0.39, 0.29) is 39.8 Å². The summed E-state index contributed by atoms with van der Waals surface area (Å²) in [5.74, 6) is -1.36. The van der Waals surface area contributed by atoms with Crippen molar-refractivity contribution in [3.63, 3.8) is 0 Å². The number of nitrogens with one attached hydrogen (secondary N) is 1. The number of rotatable bonds is 8. The normalized spacial score (nSPS) is 13.9. The number of benzene rings is 1. The molecule has 0 radical (unpaired) electrons. The van der Waals surface area contributed by atoms with Gasteiger partial charge in [-0.2, -0.15) is 0 Å². The van der Waals surface area contributed by atoms with E-state index < -0.39 is 17.8 Å². The van der Waals surface area contributed by atoms with Crippen molar-refractivity contribution in [2.45, 2.75) is 52.1 Å². The Hall–Kier alpha value is -2.29. The van der Waals surface area contributed by atoms with Crippen molar-refractivity contribution in [1.29, 1.82) is 0 Å². The Morgan fingerprint density at radius 3 is 2.52 bits per heavy atom. The molecule has 10 heteroatoms. The topological polar surface area (TPSA) is 90.9 Å². The summed E-state index contributed by atoms with van der Waals surface area (Å²) in [6.07, 6.45) is 4.71. The van der Waals surface area contributed by atoms with Gasteiger partial charge in [-0.1, -0.05) is 29.6 Å². The number of thiophene rings is 1. The zero-order chi connectivity index (χ0) is 24.0. The van der Waals surface area contributed by atoms with E-state index in [4.69, 9.17) is 37.4 Å². The first kappa shape index (κ1) is 25.3. The molecule has 1 heterocycles. The molecule has 1 aliphatic carbocycles. The Bertz CT molecular complexity index is 1030. The number of hydrogen-bond acceptors (Lipinski definition) is 7. The van der Waals surface area contributed by atoms with Gasteiger partial charge in [0.2, 0.25) is 0 Å². The van der Waals surface area contributed by atoms with E-state index in [1.54, 1.807) is 26.0 Å². The van der Waals surface area contributed by atoms with Gasteiger partial charge in [0.1, 0.15) is 21.7 Å². The van der Waals surface area contributed by atoms with Gasteiger partial charge in [-0.3, -0.25) is 4.79 Å². The molecule has 33 heavy (non-hydrogen) atoms. The first-order chi connectivity index (χ1) is 15.8. The predicted molar refractivity (Wildman–Crippen MR) is 128 cm³/mol. The minimum Gasteiger partial charge on any atom is -0.482 e. The molecule has 1 aliphatic rings. The highest BCUT2D eigenvalue weighted by molar-refractivity contribution is 7.18. The maximum atomic E-state index is 12.8. The molecule has 1 fully saturated rings. The van der Waals surface area contributed by atoms with E-state index in [1.165, 1.54) is 6.07 Å². The van der Waals surface area contributed by atoms with Crippen molar-refractivity contribution in [2.75, 3.05) is 18.5 Å². The van der Waals surface area contributed by atoms with Crippen LogP contribution in [0, 0.1) is 6.92 Å². The quantitative estimate of drug-likeness (QED) is 0.432. The third-order valence-electron chi connectivity index (χ3n) is 5.14. The fraction of sp³-hybridized carbons (Fsp3) is 0.435. The summed E-state index contributed by atoms with van der Waals surface area (Å²) in [7, 11) is 0. The van der Waals surface area contributed by atoms with Crippen LogP contribution in [0.4, 0.5) is 5.00 Å². The average molecular weight is 514 g/mol. The summed E-state index contributed by atoms with van der Waals surface area (Å²) in [5.41, 5.74) is 0.548. The molecule has 1 N–H and O–H groups in total. The molecule has 0 atom stereocenters. The lowest BCUT2D eigenvalue weighted by Gasteiger charge is -2.21. The van der Waals surface area contributed by atoms with Crippen LogP contribution in [0.3, 0.4) is 0 Å². The highest BCUT2D eigenvalue weighted by Crippen LogP contribution is 2.35. The maximum Gasteiger partial charge on any atom is 0.348 e. The Morgan fingerprint density at radius 1 is 1.12 bits per heavy atom. The number of esters is 2. The minimum absolute atomic E-state index is 0.130. The fourth-order valence-electron chi connectivity index (χ4n) is 3.53. The molecule has 1 saturated carbocycles. The van der Waals surface area contributed by atoms with Gasteiger partial charge in [0.05, 0.1) is 17.2 Å². The lowest BCUT2D eigenvalue weighted by Crippen LogP contribution is -2.21. The summed E-state index contributed by atoms with van der Waals surface area (Å²) in [5, 5.41) is 3.56. The number of carbonyl (C=O) groups excluding carboxylic acids is 3. The molecule has 0 aliphatic heterocycles. The smallest absolute Gasteiger partial charge is 0.348 e. The Kier molecular flexibility index (Phi) is 9.00. The number of ether oxygens (including phenoxy) is 3. The van der Waals surface area contributed by atoms with Gasteiger partial charge < -0.3 is 19.5 Å². The van der Waals surface area contributed by atoms with E-state index >= 15 is 0 Å². The summed E-state index contributed by atoms with van der Waals surface area (Å²) in [4.78, 5) is 38.2. The number of halogens is 2. The summed E-state index contributed by atoms with van der Waals surface area (Å²) >= 11 is 12.9. The van der Waals surface area contributed by atoms with Crippen LogP contribution >= 0.6 is 34.5 Å². The van der Waals surface area contributed by atoms with Crippen molar-refractivity contribution < 1.29 is 28.6 Å². The second kappa shape index (κ2) is 11.7. The van der Waals surface area contributed by atoms with Crippen LogP contribution in [-0.2, 0) is 14.3 Å². The van der Waals surface area contributed by atoms with Gasteiger partial charge in [0, 0.05) is 5.02 Å². The lowest BCUT2D eigenvalue weighted by atomic mass is 9.98. The predicted octanol–water partition coefficient (Wildman–Crippen LogP) is 6.05. The average Bonchev–Trinajstić information content (AvgIpc) is 3.09. The van der Waals surface area contributed by atoms with Gasteiger partial charge in [0.25, 0.3) is 5.91 Å². The molecule has 2 aromatic rings. The van der Waals surface area contributed by atoms with E-state index in [2.05, 4.69) is 5.32 Å². The zero-order valence-corrected chi connectivity index (χ0v) is 20.7. The Labute approximate surface area is 206 Å². The van der Waals surface area contributed by atoms with Gasteiger partial charge in [-0.15, -0.1) is 11.3 Å². The number of hydrogen-bond donors (Lipinski definition) is 1. The molecule has 3 rings (SSSR count). The number of carbonyl (C=O) groups is 3. The van der Waals surface area contributed by atoms with Crippen molar-refractivity contribution in [2.24, 2.45) is 0 Å². The minimum atomic E-state index is -0.625. The molecule has 0 saturated heterocycles. The monoisotopic (exact) mass is 513 g/mol. The van der Waals surface area contributed by atoms with Crippen molar-refractivity contribution in [3.05, 3.63) is 44.2 Å². The van der Waals surface area contributed by atoms with Crippen LogP contribution in [0.25, 0.3) is 0 Å². The van der Waals surface area contributed by atoms with Crippen LogP contribution in [-0.4, -0.2) is 37.2 Å². The molecular weight excluding hydrogens is 489 g/mol. The van der Waals surface area contributed by atoms with E-state index in [9.17, 15) is 14.4 Å². The van der Waals surface area contributed by atoms with E-state index in [0.717, 1.165) is 43.4 Å². The Morgan fingerprint density at radius 2 is 1.85 bits per heavy atom. The van der Waals surface area contributed by atoms with Gasteiger partial charge in [-0.25, -0.2) is 9.59 Å². The highest BCUT2D eigenvalue weighted by atomic mass is 35.5. The molecule has 0 bridgehead atoms. The molecule has 178 valence electrons. The molecule has 1 aromatic carbocycles. The summed E-state index contributed by atoms with van der Waals surface area (Å²) < 4.78 is 16.2. The van der Waals surface area contributed by atoms with Crippen LogP contribution in [0.15, 0.2) is 18.2 Å². The number of anilines is 1. The van der Waals surface area contributed by atoms with Crippen LogP contribution in [0.5, 0.6) is 5.75 Å². The summed E-state index contributed by atoms with van der Waals surface area (Å²) in [6.45, 7) is 3.11. The van der Waals surface area contributed by atoms with Crippen LogP contribution in [0.2, 0.25) is 10.0 Å². The van der Waals surface area contributed by atoms with Gasteiger partial charge >= 0.3 is 11.9 Å². The largest absolute Gasteiger partial charge is 0.482 e.